The quantitative estimate of drug-likeness (QED) is 0.453. The molecule has 0 atom stereocenters. The highest BCUT2D eigenvalue weighted by atomic mass is 19.2. The molecular formula is C25H31F3. The predicted molar refractivity (Wildman–Crippen MR) is 109 cm³/mol. The molecular weight excluding hydrogens is 357 g/mol. The van der Waals surface area contributed by atoms with E-state index in [1.54, 1.807) is 18.2 Å². The topological polar surface area (TPSA) is 0 Å². The molecule has 1 fully saturated rings. The first kappa shape index (κ1) is 21.0. The van der Waals surface area contributed by atoms with Crippen molar-refractivity contribution in [1.82, 2.24) is 0 Å². The molecule has 0 amide bonds. The minimum absolute atomic E-state index is 0.0217. The van der Waals surface area contributed by atoms with Gasteiger partial charge in [0, 0.05) is 0 Å². The maximum Gasteiger partial charge on any atom is 0.162 e. The van der Waals surface area contributed by atoms with Gasteiger partial charge in [-0.1, -0.05) is 51.0 Å². The molecule has 0 nitrogen and oxygen atoms in total. The van der Waals surface area contributed by atoms with E-state index in [2.05, 4.69) is 6.92 Å². The first-order valence-corrected chi connectivity index (χ1v) is 10.8. The summed E-state index contributed by atoms with van der Waals surface area (Å²) in [5.74, 6) is -1.28. The van der Waals surface area contributed by atoms with Crippen molar-refractivity contribution in [1.29, 1.82) is 0 Å². The van der Waals surface area contributed by atoms with Gasteiger partial charge in [0.05, 0.1) is 0 Å². The van der Waals surface area contributed by atoms with E-state index < -0.39 is 11.6 Å². The maximum absolute atomic E-state index is 14.6. The summed E-state index contributed by atoms with van der Waals surface area (Å²) >= 11 is 0. The molecule has 0 spiro atoms. The second kappa shape index (κ2) is 9.62. The van der Waals surface area contributed by atoms with Crippen molar-refractivity contribution in [3.8, 4) is 0 Å². The van der Waals surface area contributed by atoms with E-state index in [0.717, 1.165) is 62.5 Å². The zero-order chi connectivity index (χ0) is 20.1. The molecule has 1 saturated carbocycles. The van der Waals surface area contributed by atoms with Crippen LogP contribution in [0.4, 0.5) is 13.2 Å². The van der Waals surface area contributed by atoms with E-state index in [4.69, 9.17) is 0 Å². The Hall–Kier alpha value is -1.77. The minimum Gasteiger partial charge on any atom is -0.207 e. The molecule has 0 aliphatic heterocycles. The van der Waals surface area contributed by atoms with Gasteiger partial charge in [-0.3, -0.25) is 0 Å². The average molecular weight is 389 g/mol. The molecule has 0 aromatic heterocycles. The van der Waals surface area contributed by atoms with E-state index in [0.29, 0.717) is 17.5 Å². The van der Waals surface area contributed by atoms with Crippen molar-refractivity contribution >= 4 is 0 Å². The van der Waals surface area contributed by atoms with Gasteiger partial charge in [-0.05, 0) is 85.1 Å². The van der Waals surface area contributed by atoms with E-state index >= 15 is 0 Å². The van der Waals surface area contributed by atoms with Crippen LogP contribution in [0, 0.1) is 17.5 Å². The Balaban J connectivity index is 1.68. The molecule has 2 aromatic rings. The third kappa shape index (κ3) is 4.61. The van der Waals surface area contributed by atoms with Crippen LogP contribution in [0.15, 0.2) is 30.3 Å². The monoisotopic (exact) mass is 388 g/mol. The summed E-state index contributed by atoms with van der Waals surface area (Å²) in [7, 11) is 0. The van der Waals surface area contributed by atoms with Crippen LogP contribution in [0.3, 0.4) is 0 Å². The standard InChI is InChI=1S/C25H31F3/c1-3-5-7-20-13-15-22(25(28)24(20)27)19-11-9-18(10-12-19)21-14-8-17(6-4-2)16-23(21)26/h8,13-16,18-19H,3-7,9-12H2,1-2H3. The van der Waals surface area contributed by atoms with Gasteiger partial charge < -0.3 is 0 Å². The molecule has 0 N–H and O–H groups in total. The highest BCUT2D eigenvalue weighted by molar-refractivity contribution is 5.31. The van der Waals surface area contributed by atoms with Crippen molar-refractivity contribution < 1.29 is 13.2 Å². The van der Waals surface area contributed by atoms with Crippen LogP contribution in [0.5, 0.6) is 0 Å². The second-order valence-electron chi connectivity index (χ2n) is 8.20. The Morgan fingerprint density at radius 3 is 2.00 bits per heavy atom. The fourth-order valence-electron chi connectivity index (χ4n) is 4.54. The van der Waals surface area contributed by atoms with E-state index in [-0.39, 0.29) is 17.7 Å². The third-order valence-electron chi connectivity index (χ3n) is 6.20. The predicted octanol–water partition coefficient (Wildman–Crippen LogP) is 7.84. The van der Waals surface area contributed by atoms with Gasteiger partial charge in [-0.15, -0.1) is 0 Å². The van der Waals surface area contributed by atoms with E-state index in [1.807, 2.05) is 19.1 Å². The number of unbranched alkanes of at least 4 members (excludes halogenated alkanes) is 1. The summed E-state index contributed by atoms with van der Waals surface area (Å²) in [5, 5.41) is 0. The van der Waals surface area contributed by atoms with Crippen molar-refractivity contribution in [2.24, 2.45) is 0 Å². The molecule has 0 unspecified atom stereocenters. The first-order chi connectivity index (χ1) is 13.5. The SMILES string of the molecule is CCCCc1ccc(C2CCC(c3ccc(CCC)cc3F)CC2)c(F)c1F. The summed E-state index contributed by atoms with van der Waals surface area (Å²) in [4.78, 5) is 0. The van der Waals surface area contributed by atoms with Crippen LogP contribution in [-0.4, -0.2) is 0 Å². The van der Waals surface area contributed by atoms with Crippen LogP contribution >= 0.6 is 0 Å². The third-order valence-corrected chi connectivity index (χ3v) is 6.20. The lowest BCUT2D eigenvalue weighted by Gasteiger charge is -2.30. The lowest BCUT2D eigenvalue weighted by molar-refractivity contribution is 0.373. The lowest BCUT2D eigenvalue weighted by atomic mass is 9.75. The highest BCUT2D eigenvalue weighted by Crippen LogP contribution is 2.42. The lowest BCUT2D eigenvalue weighted by Crippen LogP contribution is -2.15. The summed E-state index contributed by atoms with van der Waals surface area (Å²) in [6.07, 6.45) is 7.47. The summed E-state index contributed by atoms with van der Waals surface area (Å²) < 4.78 is 43.6. The van der Waals surface area contributed by atoms with Crippen molar-refractivity contribution in [3.05, 3.63) is 70.0 Å². The molecule has 152 valence electrons. The molecule has 0 heterocycles. The molecule has 3 heteroatoms. The van der Waals surface area contributed by atoms with E-state index in [1.165, 1.54) is 0 Å². The zero-order valence-corrected chi connectivity index (χ0v) is 17.0. The molecule has 2 aromatic carbocycles. The smallest absolute Gasteiger partial charge is 0.162 e. The van der Waals surface area contributed by atoms with Crippen LogP contribution in [0.1, 0.15) is 92.9 Å². The van der Waals surface area contributed by atoms with Gasteiger partial charge in [-0.25, -0.2) is 13.2 Å². The number of aryl methyl sites for hydroxylation is 2. The maximum atomic E-state index is 14.6. The summed E-state index contributed by atoms with van der Waals surface area (Å²) in [6.45, 7) is 4.13. The van der Waals surface area contributed by atoms with Crippen LogP contribution < -0.4 is 0 Å². The highest BCUT2D eigenvalue weighted by Gasteiger charge is 2.28. The molecule has 1 aliphatic carbocycles. The fourth-order valence-corrected chi connectivity index (χ4v) is 4.54. The fraction of sp³-hybridized carbons (Fsp3) is 0.520. The molecule has 1 aliphatic rings. The number of hydrogen-bond acceptors (Lipinski definition) is 0. The Morgan fingerprint density at radius 1 is 0.750 bits per heavy atom. The number of halogens is 3. The number of hydrogen-bond donors (Lipinski definition) is 0. The number of rotatable bonds is 7. The largest absolute Gasteiger partial charge is 0.207 e. The van der Waals surface area contributed by atoms with Crippen molar-refractivity contribution in [2.75, 3.05) is 0 Å². The van der Waals surface area contributed by atoms with Gasteiger partial charge >= 0.3 is 0 Å². The Kier molecular flexibility index (Phi) is 7.20. The van der Waals surface area contributed by atoms with Gasteiger partial charge in [0.25, 0.3) is 0 Å². The van der Waals surface area contributed by atoms with Crippen LogP contribution in [-0.2, 0) is 12.8 Å². The second-order valence-corrected chi connectivity index (χ2v) is 8.20. The normalized spacial score (nSPS) is 19.8. The van der Waals surface area contributed by atoms with E-state index in [9.17, 15) is 13.2 Å². The molecule has 28 heavy (non-hydrogen) atoms. The Labute approximate surface area is 167 Å². The summed E-state index contributed by atoms with van der Waals surface area (Å²) in [6, 6.07) is 9.14. The van der Waals surface area contributed by atoms with Gasteiger partial charge in [0.2, 0.25) is 0 Å². The van der Waals surface area contributed by atoms with Gasteiger partial charge in [-0.2, -0.15) is 0 Å². The molecule has 0 bridgehead atoms. The number of benzene rings is 2. The van der Waals surface area contributed by atoms with Crippen molar-refractivity contribution in [2.45, 2.75) is 83.5 Å². The molecule has 0 radical (unpaired) electrons. The molecule has 3 rings (SSSR count). The van der Waals surface area contributed by atoms with Crippen molar-refractivity contribution in [3.63, 3.8) is 0 Å². The minimum atomic E-state index is -0.675. The van der Waals surface area contributed by atoms with Gasteiger partial charge in [0.1, 0.15) is 5.82 Å². The van der Waals surface area contributed by atoms with Crippen LogP contribution in [0.2, 0.25) is 0 Å². The summed E-state index contributed by atoms with van der Waals surface area (Å²) in [5.41, 5.74) is 2.79. The molecule has 0 saturated heterocycles. The zero-order valence-electron chi connectivity index (χ0n) is 17.0. The average Bonchev–Trinajstić information content (AvgIpc) is 2.70. The first-order valence-electron chi connectivity index (χ1n) is 10.8. The van der Waals surface area contributed by atoms with Crippen LogP contribution in [0.25, 0.3) is 0 Å². The Morgan fingerprint density at radius 2 is 1.39 bits per heavy atom. The van der Waals surface area contributed by atoms with Gasteiger partial charge in [0.15, 0.2) is 11.6 Å². The Bertz CT molecular complexity index is 789.